The zero-order valence-electron chi connectivity index (χ0n) is 19.2. The number of rotatable bonds is 9. The number of oxazole rings is 1. The van der Waals surface area contributed by atoms with Crippen LogP contribution in [0.25, 0.3) is 11.5 Å². The van der Waals surface area contributed by atoms with Crippen LogP contribution in [0.4, 0.5) is 0 Å². The maximum atomic E-state index is 12.1. The SMILES string of the molecule is CCNC(=NCCCN1CCCCCC1=O)NCCc1coc(-c2ccc(C)cc2)n1.I. The monoisotopic (exact) mass is 553 g/mol. The molecule has 0 aliphatic carbocycles. The molecule has 1 saturated heterocycles. The number of amides is 1. The van der Waals surface area contributed by atoms with Gasteiger partial charge in [0, 0.05) is 51.1 Å². The molecule has 0 atom stereocenters. The van der Waals surface area contributed by atoms with Crippen LogP contribution in [-0.2, 0) is 11.2 Å². The average molecular weight is 553 g/mol. The fraction of sp³-hybridized carbons (Fsp3) is 0.542. The van der Waals surface area contributed by atoms with Gasteiger partial charge >= 0.3 is 0 Å². The minimum absolute atomic E-state index is 0. The summed E-state index contributed by atoms with van der Waals surface area (Å²) in [6.07, 6.45) is 7.35. The van der Waals surface area contributed by atoms with Gasteiger partial charge in [0.2, 0.25) is 11.8 Å². The molecule has 3 rings (SSSR count). The standard InChI is InChI=1S/C24H35N5O2.HI/c1-3-25-24(26-14-7-17-29-16-6-4-5-8-22(29)30)27-15-13-21-18-31-23(28-21)20-11-9-19(2)10-12-20;/h9-12,18H,3-8,13-17H2,1-2H3,(H2,25,26,27);1H. The van der Waals surface area contributed by atoms with Crippen LogP contribution in [-0.4, -0.2) is 54.5 Å². The zero-order chi connectivity index (χ0) is 21.9. The lowest BCUT2D eigenvalue weighted by molar-refractivity contribution is -0.130. The van der Waals surface area contributed by atoms with E-state index in [1.807, 2.05) is 17.0 Å². The number of nitrogens with one attached hydrogen (secondary N) is 2. The third-order valence-corrected chi connectivity index (χ3v) is 5.40. The van der Waals surface area contributed by atoms with Crippen molar-refractivity contribution in [3.8, 4) is 11.5 Å². The molecule has 1 fully saturated rings. The Bertz CT molecular complexity index is 850. The number of benzene rings is 1. The summed E-state index contributed by atoms with van der Waals surface area (Å²) in [6.45, 7) is 8.02. The summed E-state index contributed by atoms with van der Waals surface area (Å²) >= 11 is 0. The molecule has 2 heterocycles. The van der Waals surface area contributed by atoms with Crippen molar-refractivity contribution in [2.45, 2.75) is 52.4 Å². The smallest absolute Gasteiger partial charge is 0.226 e. The number of hydrogen-bond acceptors (Lipinski definition) is 4. The van der Waals surface area contributed by atoms with Gasteiger partial charge in [-0.05, 0) is 45.2 Å². The molecule has 2 aromatic rings. The highest BCUT2D eigenvalue weighted by Gasteiger charge is 2.15. The Morgan fingerprint density at radius 2 is 2.00 bits per heavy atom. The van der Waals surface area contributed by atoms with E-state index in [4.69, 9.17) is 4.42 Å². The quantitative estimate of drug-likeness (QED) is 0.211. The van der Waals surface area contributed by atoms with Crippen molar-refractivity contribution in [1.82, 2.24) is 20.5 Å². The number of aliphatic imine (C=N–C) groups is 1. The summed E-state index contributed by atoms with van der Waals surface area (Å²) < 4.78 is 5.63. The second-order valence-electron chi connectivity index (χ2n) is 7.99. The Hall–Kier alpha value is -2.10. The highest BCUT2D eigenvalue weighted by molar-refractivity contribution is 14.0. The normalized spacial score (nSPS) is 14.6. The lowest BCUT2D eigenvalue weighted by Gasteiger charge is -2.20. The fourth-order valence-corrected chi connectivity index (χ4v) is 3.63. The molecule has 1 aliphatic rings. The maximum Gasteiger partial charge on any atom is 0.226 e. The molecule has 1 aromatic carbocycles. The zero-order valence-corrected chi connectivity index (χ0v) is 21.6. The number of nitrogens with zero attached hydrogens (tertiary/aromatic N) is 3. The van der Waals surface area contributed by atoms with Crippen molar-refractivity contribution in [1.29, 1.82) is 0 Å². The molecule has 8 heteroatoms. The van der Waals surface area contributed by atoms with Crippen molar-refractivity contribution in [3.05, 3.63) is 41.8 Å². The molecule has 176 valence electrons. The number of aryl methyl sites for hydroxylation is 1. The van der Waals surface area contributed by atoms with Gasteiger partial charge in [-0.15, -0.1) is 24.0 Å². The van der Waals surface area contributed by atoms with Crippen molar-refractivity contribution in [2.75, 3.05) is 32.7 Å². The fourth-order valence-electron chi connectivity index (χ4n) is 3.63. The predicted molar refractivity (Wildman–Crippen MR) is 139 cm³/mol. The third-order valence-electron chi connectivity index (χ3n) is 5.40. The topological polar surface area (TPSA) is 82.8 Å². The van der Waals surface area contributed by atoms with Crippen LogP contribution < -0.4 is 10.6 Å². The molecule has 0 unspecified atom stereocenters. The minimum Gasteiger partial charge on any atom is -0.444 e. The molecular weight excluding hydrogens is 517 g/mol. The number of aromatic nitrogens is 1. The van der Waals surface area contributed by atoms with E-state index in [1.165, 1.54) is 5.56 Å². The van der Waals surface area contributed by atoms with Gasteiger partial charge in [0.15, 0.2) is 5.96 Å². The average Bonchev–Trinajstić information content (AvgIpc) is 3.14. The predicted octanol–water partition coefficient (Wildman–Crippen LogP) is 4.16. The molecule has 2 N–H and O–H groups in total. The van der Waals surface area contributed by atoms with Crippen LogP contribution in [0.1, 0.15) is 50.3 Å². The summed E-state index contributed by atoms with van der Waals surface area (Å²) in [5, 5.41) is 6.64. The van der Waals surface area contributed by atoms with Gasteiger partial charge in [-0.25, -0.2) is 4.98 Å². The number of guanidine groups is 1. The largest absolute Gasteiger partial charge is 0.444 e. The Morgan fingerprint density at radius 1 is 1.19 bits per heavy atom. The Kier molecular flexibility index (Phi) is 11.5. The molecule has 0 spiro atoms. The van der Waals surface area contributed by atoms with E-state index in [9.17, 15) is 4.79 Å². The lowest BCUT2D eigenvalue weighted by atomic mass is 10.1. The van der Waals surface area contributed by atoms with E-state index >= 15 is 0 Å². The second kappa shape index (κ2) is 14.1. The van der Waals surface area contributed by atoms with Gasteiger partial charge in [0.1, 0.15) is 6.26 Å². The highest BCUT2D eigenvalue weighted by atomic mass is 127. The van der Waals surface area contributed by atoms with Crippen LogP contribution >= 0.6 is 24.0 Å². The van der Waals surface area contributed by atoms with Gasteiger partial charge in [-0.3, -0.25) is 9.79 Å². The molecule has 1 amide bonds. The van der Waals surface area contributed by atoms with Crippen molar-refractivity contribution >= 4 is 35.8 Å². The van der Waals surface area contributed by atoms with Gasteiger partial charge < -0.3 is 20.0 Å². The van der Waals surface area contributed by atoms with Crippen LogP contribution in [0, 0.1) is 6.92 Å². The molecule has 0 radical (unpaired) electrons. The molecule has 1 aliphatic heterocycles. The molecule has 0 saturated carbocycles. The highest BCUT2D eigenvalue weighted by Crippen LogP contribution is 2.19. The van der Waals surface area contributed by atoms with Crippen LogP contribution in [0.3, 0.4) is 0 Å². The number of halogens is 1. The van der Waals surface area contributed by atoms with E-state index < -0.39 is 0 Å². The Balaban J connectivity index is 0.00000363. The first-order valence-electron chi connectivity index (χ1n) is 11.5. The Morgan fingerprint density at radius 3 is 2.78 bits per heavy atom. The third kappa shape index (κ3) is 8.44. The van der Waals surface area contributed by atoms with E-state index in [0.29, 0.717) is 24.8 Å². The second-order valence-corrected chi connectivity index (χ2v) is 7.99. The van der Waals surface area contributed by atoms with Crippen molar-refractivity contribution in [3.63, 3.8) is 0 Å². The van der Waals surface area contributed by atoms with E-state index in [-0.39, 0.29) is 24.0 Å². The maximum absolute atomic E-state index is 12.1. The van der Waals surface area contributed by atoms with Crippen LogP contribution in [0.5, 0.6) is 0 Å². The molecule has 7 nitrogen and oxygen atoms in total. The molecular formula is C24H36IN5O2. The molecule has 0 bridgehead atoms. The lowest BCUT2D eigenvalue weighted by Crippen LogP contribution is -2.38. The van der Waals surface area contributed by atoms with Crippen LogP contribution in [0.15, 0.2) is 39.9 Å². The van der Waals surface area contributed by atoms with E-state index in [0.717, 1.165) is 75.5 Å². The number of hydrogen-bond donors (Lipinski definition) is 2. The first-order chi connectivity index (χ1) is 15.2. The number of carbonyl (C=O) groups is 1. The van der Waals surface area contributed by atoms with Gasteiger partial charge in [0.05, 0.1) is 5.69 Å². The van der Waals surface area contributed by atoms with Gasteiger partial charge in [-0.2, -0.15) is 0 Å². The first-order valence-corrected chi connectivity index (χ1v) is 11.5. The summed E-state index contributed by atoms with van der Waals surface area (Å²) in [4.78, 5) is 23.3. The van der Waals surface area contributed by atoms with Crippen LogP contribution in [0.2, 0.25) is 0 Å². The Labute approximate surface area is 208 Å². The number of carbonyl (C=O) groups excluding carboxylic acids is 1. The van der Waals surface area contributed by atoms with E-state index in [2.05, 4.69) is 46.6 Å². The summed E-state index contributed by atoms with van der Waals surface area (Å²) in [5.41, 5.74) is 3.12. The van der Waals surface area contributed by atoms with Gasteiger partial charge in [-0.1, -0.05) is 24.1 Å². The van der Waals surface area contributed by atoms with Crippen molar-refractivity contribution in [2.24, 2.45) is 4.99 Å². The summed E-state index contributed by atoms with van der Waals surface area (Å²) in [5.74, 6) is 1.75. The minimum atomic E-state index is 0. The summed E-state index contributed by atoms with van der Waals surface area (Å²) in [6, 6.07) is 8.17. The van der Waals surface area contributed by atoms with Gasteiger partial charge in [0.25, 0.3) is 0 Å². The first kappa shape index (κ1) is 26.2. The van der Waals surface area contributed by atoms with E-state index in [1.54, 1.807) is 6.26 Å². The molecule has 32 heavy (non-hydrogen) atoms. The number of likely N-dealkylation sites (tertiary alicyclic amines) is 1. The molecule has 1 aromatic heterocycles. The summed E-state index contributed by atoms with van der Waals surface area (Å²) in [7, 11) is 0. The van der Waals surface area contributed by atoms with Crippen molar-refractivity contribution < 1.29 is 9.21 Å².